The number of nitrogens with zero attached hydrogens (tertiary/aromatic N) is 2. The number of phenolic OH excluding ortho intramolecular Hbond substituents is 2. The molecule has 0 fully saturated rings. The minimum Gasteiger partial charge on any atom is -0.507 e. The summed E-state index contributed by atoms with van der Waals surface area (Å²) in [4.78, 5) is 9.55. The maximum Gasteiger partial charge on any atom is 0.124 e. The lowest BCUT2D eigenvalue weighted by atomic mass is 10.0. The molecular formula is C32H22N2O2. The summed E-state index contributed by atoms with van der Waals surface area (Å²) in [5.74, 6) is 0.341. The highest BCUT2D eigenvalue weighted by Crippen LogP contribution is 2.35. The molecule has 2 N–H and O–H groups in total. The summed E-state index contributed by atoms with van der Waals surface area (Å²) in [6, 6.07) is 35.0. The van der Waals surface area contributed by atoms with Gasteiger partial charge in [0.1, 0.15) is 11.5 Å². The van der Waals surface area contributed by atoms with Gasteiger partial charge < -0.3 is 10.2 Å². The van der Waals surface area contributed by atoms with Crippen LogP contribution in [0.4, 0.5) is 11.4 Å². The molecule has 6 rings (SSSR count). The molecule has 0 bridgehead atoms. The van der Waals surface area contributed by atoms with Crippen molar-refractivity contribution in [3.8, 4) is 11.5 Å². The third-order valence-corrected chi connectivity index (χ3v) is 6.40. The van der Waals surface area contributed by atoms with Gasteiger partial charge in [-0.1, -0.05) is 84.9 Å². The Labute approximate surface area is 208 Å². The van der Waals surface area contributed by atoms with Gasteiger partial charge in [-0.05, 0) is 56.6 Å². The van der Waals surface area contributed by atoms with E-state index in [4.69, 9.17) is 9.98 Å². The Kier molecular flexibility index (Phi) is 5.39. The Morgan fingerprint density at radius 1 is 0.444 bits per heavy atom. The number of benzene rings is 6. The molecule has 0 aliphatic carbocycles. The molecule has 0 radical (unpaired) electrons. The van der Waals surface area contributed by atoms with E-state index in [1.807, 2.05) is 97.1 Å². The number of phenols is 2. The van der Waals surface area contributed by atoms with E-state index in [1.165, 1.54) is 0 Å². The second kappa shape index (κ2) is 9.01. The van der Waals surface area contributed by atoms with Crippen molar-refractivity contribution >= 4 is 56.1 Å². The second-order valence-electron chi connectivity index (χ2n) is 8.64. The number of hydrogen-bond donors (Lipinski definition) is 2. The average molecular weight is 467 g/mol. The van der Waals surface area contributed by atoms with Crippen molar-refractivity contribution in [1.82, 2.24) is 0 Å². The van der Waals surface area contributed by atoms with Crippen LogP contribution in [0.25, 0.3) is 32.3 Å². The minimum absolute atomic E-state index is 0.170. The van der Waals surface area contributed by atoms with Crippen molar-refractivity contribution in [2.45, 2.75) is 0 Å². The van der Waals surface area contributed by atoms with Gasteiger partial charge in [-0.2, -0.15) is 0 Å². The Balaban J connectivity index is 1.49. The van der Waals surface area contributed by atoms with Crippen LogP contribution in [0.5, 0.6) is 11.5 Å². The van der Waals surface area contributed by atoms with Crippen molar-refractivity contribution in [2.75, 3.05) is 0 Å². The lowest BCUT2D eigenvalue weighted by molar-refractivity contribution is 0.475. The number of aliphatic imine (C=N–C) groups is 2. The third-order valence-electron chi connectivity index (χ3n) is 6.40. The predicted molar refractivity (Wildman–Crippen MR) is 150 cm³/mol. The second-order valence-corrected chi connectivity index (χ2v) is 8.64. The highest BCUT2D eigenvalue weighted by atomic mass is 16.3. The van der Waals surface area contributed by atoms with E-state index in [0.29, 0.717) is 22.5 Å². The molecule has 0 atom stereocenters. The SMILES string of the molecule is Oc1ccc2ccccc2c1C=Nc1cc2ccccc2cc1N=Cc1c(O)ccc2ccccc12. The van der Waals surface area contributed by atoms with Crippen LogP contribution in [-0.2, 0) is 0 Å². The van der Waals surface area contributed by atoms with Gasteiger partial charge >= 0.3 is 0 Å². The highest BCUT2D eigenvalue weighted by molar-refractivity contribution is 6.05. The first-order valence-corrected chi connectivity index (χ1v) is 11.7. The molecule has 4 heteroatoms. The summed E-state index contributed by atoms with van der Waals surface area (Å²) in [5.41, 5.74) is 2.64. The van der Waals surface area contributed by atoms with Crippen LogP contribution >= 0.6 is 0 Å². The zero-order valence-corrected chi connectivity index (χ0v) is 19.3. The zero-order chi connectivity index (χ0) is 24.5. The van der Waals surface area contributed by atoms with E-state index in [0.717, 1.165) is 32.3 Å². The van der Waals surface area contributed by atoms with Gasteiger partial charge in [0.25, 0.3) is 0 Å². The van der Waals surface area contributed by atoms with Crippen LogP contribution in [-0.4, -0.2) is 22.6 Å². The molecule has 6 aromatic carbocycles. The van der Waals surface area contributed by atoms with Crippen molar-refractivity contribution in [1.29, 1.82) is 0 Å². The summed E-state index contributed by atoms with van der Waals surface area (Å²) in [6.07, 6.45) is 3.38. The van der Waals surface area contributed by atoms with Gasteiger partial charge in [0, 0.05) is 23.6 Å². The third kappa shape index (κ3) is 3.95. The van der Waals surface area contributed by atoms with Gasteiger partial charge in [0.2, 0.25) is 0 Å². The summed E-state index contributed by atoms with van der Waals surface area (Å²) in [7, 11) is 0. The van der Waals surface area contributed by atoms with Crippen molar-refractivity contribution < 1.29 is 10.2 Å². The number of rotatable bonds is 4. The average Bonchev–Trinajstić information content (AvgIpc) is 2.92. The monoisotopic (exact) mass is 466 g/mol. The van der Waals surface area contributed by atoms with Gasteiger partial charge in [-0.15, -0.1) is 0 Å². The number of hydrogen-bond acceptors (Lipinski definition) is 4. The molecule has 0 aromatic heterocycles. The van der Waals surface area contributed by atoms with Gasteiger partial charge in [-0.3, -0.25) is 9.98 Å². The fourth-order valence-corrected chi connectivity index (χ4v) is 4.53. The van der Waals surface area contributed by atoms with E-state index in [-0.39, 0.29) is 11.5 Å². The Bertz CT molecular complexity index is 1690. The van der Waals surface area contributed by atoms with Gasteiger partial charge in [-0.25, -0.2) is 0 Å². The number of fused-ring (bicyclic) bond motifs is 3. The van der Waals surface area contributed by atoms with E-state index in [9.17, 15) is 10.2 Å². The van der Waals surface area contributed by atoms with E-state index < -0.39 is 0 Å². The molecule has 6 aromatic rings. The fourth-order valence-electron chi connectivity index (χ4n) is 4.53. The molecule has 0 aliphatic heterocycles. The first-order chi connectivity index (χ1) is 17.7. The van der Waals surface area contributed by atoms with Crippen LogP contribution in [0.2, 0.25) is 0 Å². The molecule has 0 unspecified atom stereocenters. The van der Waals surface area contributed by atoms with E-state index in [2.05, 4.69) is 0 Å². The fraction of sp³-hybridized carbons (Fsp3) is 0. The standard InChI is InChI=1S/C32H22N2O2/c35-31-15-13-21-7-3-5-11-25(21)27(31)19-33-29-17-23-9-1-2-10-24(23)18-30(29)34-20-28-26-12-6-4-8-22(26)14-16-32(28)36/h1-20,35-36H. The smallest absolute Gasteiger partial charge is 0.124 e. The molecule has 4 nitrogen and oxygen atoms in total. The van der Waals surface area contributed by atoms with Crippen LogP contribution in [0.1, 0.15) is 11.1 Å². The molecule has 0 spiro atoms. The van der Waals surface area contributed by atoms with E-state index >= 15 is 0 Å². The largest absolute Gasteiger partial charge is 0.507 e. The molecule has 0 saturated carbocycles. The van der Waals surface area contributed by atoms with Crippen LogP contribution in [0.15, 0.2) is 119 Å². The summed E-state index contributed by atoms with van der Waals surface area (Å²) < 4.78 is 0. The predicted octanol–water partition coefficient (Wildman–Crippen LogP) is 8.06. The normalized spacial score (nSPS) is 11.9. The maximum atomic E-state index is 10.6. The van der Waals surface area contributed by atoms with Crippen molar-refractivity contribution in [3.63, 3.8) is 0 Å². The molecule has 172 valence electrons. The summed E-state index contributed by atoms with van der Waals surface area (Å²) in [6.45, 7) is 0. The zero-order valence-electron chi connectivity index (χ0n) is 19.3. The van der Waals surface area contributed by atoms with Gasteiger partial charge in [0.15, 0.2) is 0 Å². The molecule has 0 aliphatic rings. The topological polar surface area (TPSA) is 65.2 Å². The highest BCUT2D eigenvalue weighted by Gasteiger charge is 2.08. The quantitative estimate of drug-likeness (QED) is 0.258. The summed E-state index contributed by atoms with van der Waals surface area (Å²) >= 11 is 0. The van der Waals surface area contributed by atoms with Crippen LogP contribution in [0.3, 0.4) is 0 Å². The first kappa shape index (κ1) is 21.6. The van der Waals surface area contributed by atoms with Crippen LogP contribution in [0, 0.1) is 0 Å². The Morgan fingerprint density at radius 2 is 0.833 bits per heavy atom. The lowest BCUT2D eigenvalue weighted by Crippen LogP contribution is -1.87. The van der Waals surface area contributed by atoms with E-state index in [1.54, 1.807) is 24.6 Å². The Morgan fingerprint density at radius 3 is 1.28 bits per heavy atom. The molecule has 0 saturated heterocycles. The summed E-state index contributed by atoms with van der Waals surface area (Å²) in [5, 5.41) is 27.1. The van der Waals surface area contributed by atoms with Gasteiger partial charge in [0.05, 0.1) is 11.4 Å². The van der Waals surface area contributed by atoms with Crippen molar-refractivity contribution in [2.24, 2.45) is 9.98 Å². The molecular weight excluding hydrogens is 444 g/mol. The van der Waals surface area contributed by atoms with Crippen molar-refractivity contribution in [3.05, 3.63) is 120 Å². The first-order valence-electron chi connectivity index (χ1n) is 11.7. The molecule has 0 amide bonds. The number of aromatic hydroxyl groups is 2. The lowest BCUT2D eigenvalue weighted by Gasteiger charge is -2.08. The maximum absolute atomic E-state index is 10.6. The Hall–Kier alpha value is -4.96. The van der Waals surface area contributed by atoms with Crippen LogP contribution < -0.4 is 0 Å². The molecule has 0 heterocycles. The molecule has 36 heavy (non-hydrogen) atoms. The minimum atomic E-state index is 0.170.